The van der Waals surface area contributed by atoms with Gasteiger partial charge in [-0.3, -0.25) is 0 Å². The first-order valence-corrected chi connectivity index (χ1v) is 4.50. The highest BCUT2D eigenvalue weighted by atomic mass is 16.7. The van der Waals surface area contributed by atoms with Crippen molar-refractivity contribution in [1.82, 2.24) is 0 Å². The zero-order chi connectivity index (χ0) is 9.27. The second-order valence-electron chi connectivity index (χ2n) is 4.38. The van der Waals surface area contributed by atoms with E-state index in [-0.39, 0.29) is 24.0 Å². The molecule has 0 aromatic heterocycles. The van der Waals surface area contributed by atoms with Crippen molar-refractivity contribution < 1.29 is 19.7 Å². The van der Waals surface area contributed by atoms with E-state index in [4.69, 9.17) is 17.3 Å². The molecule has 0 aromatic carbocycles. The minimum Gasteiger partial charge on any atom is -0.396 e. The van der Waals surface area contributed by atoms with Gasteiger partial charge in [0.15, 0.2) is 5.79 Å². The average Bonchev–Trinajstić information content (AvgIpc) is 2.08. The predicted molar refractivity (Wildman–Crippen MR) is 42.9 cm³/mol. The Morgan fingerprint density at radius 1 is 1.54 bits per heavy atom. The maximum atomic E-state index is 9.74. The van der Waals surface area contributed by atoms with Gasteiger partial charge < -0.3 is 19.7 Å². The van der Waals surface area contributed by atoms with Crippen LogP contribution in [0.5, 0.6) is 0 Å². The summed E-state index contributed by atoms with van der Waals surface area (Å²) in [6, 6.07) is -0.453. The van der Waals surface area contributed by atoms with Gasteiger partial charge in [-0.15, -0.1) is 0 Å². The summed E-state index contributed by atoms with van der Waals surface area (Å²) >= 11 is 0. The van der Waals surface area contributed by atoms with E-state index in [1.54, 1.807) is 0 Å². The van der Waals surface area contributed by atoms with Crippen molar-refractivity contribution in [2.45, 2.75) is 24.3 Å². The van der Waals surface area contributed by atoms with Gasteiger partial charge in [0.1, 0.15) is 7.85 Å². The highest BCUT2D eigenvalue weighted by molar-refractivity contribution is 6.11. The molecule has 4 unspecified atom stereocenters. The number of aliphatic hydroxyl groups excluding tert-OH is 1. The van der Waals surface area contributed by atoms with Crippen molar-refractivity contribution in [3.8, 4) is 0 Å². The van der Waals surface area contributed by atoms with E-state index in [9.17, 15) is 10.2 Å². The van der Waals surface area contributed by atoms with Crippen molar-refractivity contribution in [2.24, 2.45) is 11.3 Å². The number of ether oxygens (including phenoxy) is 2. The van der Waals surface area contributed by atoms with Crippen LogP contribution < -0.4 is 0 Å². The molecule has 70 valence electrons. The lowest BCUT2D eigenvalue weighted by Gasteiger charge is -2.72. The third-order valence-corrected chi connectivity index (χ3v) is 3.62. The fraction of sp³-hybridized carbons (Fsp3) is 1.00. The van der Waals surface area contributed by atoms with E-state index >= 15 is 0 Å². The van der Waals surface area contributed by atoms with Gasteiger partial charge in [-0.1, -0.05) is 0 Å². The third kappa shape index (κ3) is 0.733. The van der Waals surface area contributed by atoms with E-state index < -0.39 is 11.8 Å². The zero-order valence-electron chi connectivity index (χ0n) is 7.14. The molecule has 1 saturated carbocycles. The van der Waals surface area contributed by atoms with Crippen LogP contribution in [-0.2, 0) is 9.47 Å². The van der Waals surface area contributed by atoms with Crippen molar-refractivity contribution in [1.29, 1.82) is 0 Å². The molecule has 13 heavy (non-hydrogen) atoms. The third-order valence-electron chi connectivity index (χ3n) is 3.62. The van der Waals surface area contributed by atoms with E-state index in [1.807, 2.05) is 0 Å². The summed E-state index contributed by atoms with van der Waals surface area (Å²) in [5.41, 5.74) is -0.298. The van der Waals surface area contributed by atoms with Gasteiger partial charge in [0.25, 0.3) is 0 Å². The maximum absolute atomic E-state index is 9.74. The van der Waals surface area contributed by atoms with Crippen LogP contribution in [-0.4, -0.2) is 49.2 Å². The van der Waals surface area contributed by atoms with Crippen LogP contribution in [0.15, 0.2) is 0 Å². The van der Waals surface area contributed by atoms with Gasteiger partial charge in [-0.2, -0.15) is 0 Å². The Labute approximate surface area is 77.2 Å². The van der Waals surface area contributed by atoms with E-state index in [0.29, 0.717) is 13.0 Å². The summed E-state index contributed by atoms with van der Waals surface area (Å²) in [5, 5.41) is 19.0. The molecule has 0 amide bonds. The van der Waals surface area contributed by atoms with E-state index in [1.165, 1.54) is 0 Å². The molecule has 2 heterocycles. The van der Waals surface area contributed by atoms with Crippen LogP contribution in [0.3, 0.4) is 0 Å². The van der Waals surface area contributed by atoms with E-state index in [0.717, 1.165) is 0 Å². The normalized spacial score (nSPS) is 63.4. The first-order valence-electron chi connectivity index (χ1n) is 4.50. The topological polar surface area (TPSA) is 58.9 Å². The monoisotopic (exact) mass is 182 g/mol. The zero-order valence-corrected chi connectivity index (χ0v) is 7.14. The number of hydrogen-bond acceptors (Lipinski definition) is 4. The predicted octanol–water partition coefficient (Wildman–Crippen LogP) is -1.40. The molecule has 3 rings (SSSR count). The van der Waals surface area contributed by atoms with Crippen LogP contribution in [0.4, 0.5) is 0 Å². The molecule has 0 aromatic rings. The molecule has 3 aliphatic rings. The minimum absolute atomic E-state index is 0.0336. The summed E-state index contributed by atoms with van der Waals surface area (Å²) in [5.74, 6) is -1.05. The van der Waals surface area contributed by atoms with Gasteiger partial charge in [0.05, 0.1) is 25.2 Å². The molecular weight excluding hydrogens is 171 g/mol. The summed E-state index contributed by atoms with van der Waals surface area (Å²) < 4.78 is 10.5. The van der Waals surface area contributed by atoms with Crippen LogP contribution in [0, 0.1) is 11.3 Å². The Hall–Kier alpha value is -0.0951. The summed E-state index contributed by atoms with van der Waals surface area (Å²) in [6.07, 6.45) is 0.226. The fourth-order valence-corrected chi connectivity index (χ4v) is 2.98. The highest BCUT2D eigenvalue weighted by Gasteiger charge is 2.76. The quantitative estimate of drug-likeness (QED) is 0.489. The molecule has 1 aliphatic carbocycles. The van der Waals surface area contributed by atoms with Gasteiger partial charge in [0, 0.05) is 17.8 Å². The fourth-order valence-electron chi connectivity index (χ4n) is 2.98. The lowest BCUT2D eigenvalue weighted by Crippen LogP contribution is -2.82. The first-order chi connectivity index (χ1) is 6.11. The van der Waals surface area contributed by atoms with Crippen LogP contribution in [0.25, 0.3) is 0 Å². The Kier molecular flexibility index (Phi) is 1.34. The molecule has 0 bridgehead atoms. The van der Waals surface area contributed by atoms with Gasteiger partial charge in [-0.25, -0.2) is 0 Å². The summed E-state index contributed by atoms with van der Waals surface area (Å²) in [7, 11) is 5.64. The number of rotatable bonds is 1. The average molecular weight is 182 g/mol. The minimum atomic E-state index is -1.02. The molecular formula is C8H11BO4. The molecule has 2 N–H and O–H groups in total. The Bertz CT molecular complexity index is 261. The molecule has 0 spiro atoms. The highest BCUT2D eigenvalue weighted by Crippen LogP contribution is 2.65. The number of hydrogen-bond donors (Lipinski definition) is 2. The number of aliphatic hydroxyl groups is 2. The lowest BCUT2D eigenvalue weighted by atomic mass is 9.48. The Morgan fingerprint density at radius 3 is 2.92 bits per heavy atom. The van der Waals surface area contributed by atoms with Gasteiger partial charge in [0.2, 0.25) is 0 Å². The smallest absolute Gasteiger partial charge is 0.172 e. The van der Waals surface area contributed by atoms with Crippen LogP contribution >= 0.6 is 0 Å². The standard InChI is InChI=1S/C8H11BO4/c9-6-4-5-7(2-10,3-12-6)1-8(5,11)13-4/h4-6,10-11H,1-3H2/t4?,5?,6-,7?,8?/m1/s1. The molecule has 2 saturated heterocycles. The second-order valence-corrected chi connectivity index (χ2v) is 4.38. The summed E-state index contributed by atoms with van der Waals surface area (Å²) in [6.45, 7) is 0.462. The first kappa shape index (κ1) is 8.23. The van der Waals surface area contributed by atoms with E-state index in [2.05, 4.69) is 0 Å². The molecule has 4 nitrogen and oxygen atoms in total. The SMILES string of the molecule is [B][C@@H]1OCC2(CO)CC3(O)OC1C23. The Morgan fingerprint density at radius 2 is 2.31 bits per heavy atom. The Balaban J connectivity index is 1.89. The van der Waals surface area contributed by atoms with Crippen LogP contribution in [0.1, 0.15) is 6.42 Å². The maximum Gasteiger partial charge on any atom is 0.172 e. The van der Waals surface area contributed by atoms with Gasteiger partial charge >= 0.3 is 0 Å². The van der Waals surface area contributed by atoms with Crippen molar-refractivity contribution in [2.75, 3.05) is 13.2 Å². The van der Waals surface area contributed by atoms with Gasteiger partial charge in [-0.05, 0) is 0 Å². The van der Waals surface area contributed by atoms with Crippen molar-refractivity contribution >= 4 is 7.85 Å². The molecule has 5 atom stereocenters. The molecule has 5 heteroatoms. The molecule has 2 radical (unpaired) electrons. The van der Waals surface area contributed by atoms with Crippen LogP contribution in [0.2, 0.25) is 0 Å². The molecule has 2 aliphatic heterocycles. The van der Waals surface area contributed by atoms with Crippen molar-refractivity contribution in [3.63, 3.8) is 0 Å². The largest absolute Gasteiger partial charge is 0.396 e. The summed E-state index contributed by atoms with van der Waals surface area (Å²) in [4.78, 5) is 0. The molecule has 3 fully saturated rings. The lowest BCUT2D eigenvalue weighted by molar-refractivity contribution is -0.492. The second kappa shape index (κ2) is 2.11. The van der Waals surface area contributed by atoms with Crippen molar-refractivity contribution in [3.05, 3.63) is 0 Å².